The second-order valence-electron chi connectivity index (χ2n) is 9.75. The van der Waals surface area contributed by atoms with Crippen molar-refractivity contribution in [2.45, 2.75) is 80.6 Å². The van der Waals surface area contributed by atoms with Crippen LogP contribution in [0.5, 0.6) is 0 Å². The Kier molecular flexibility index (Phi) is 13.5. The average molecular weight is 579 g/mol. The maximum absolute atomic E-state index is 12.0. The molecule has 0 aromatic heterocycles. The largest absolute Gasteiger partial charge is 0.394 e. The number of aliphatic hydroxyl groups is 3. The van der Waals surface area contributed by atoms with Crippen molar-refractivity contribution in [3.05, 3.63) is 0 Å². The van der Waals surface area contributed by atoms with Crippen LogP contribution in [0.25, 0.3) is 0 Å². The molecular weight excluding hydrogens is 536 g/mol. The lowest BCUT2D eigenvalue weighted by molar-refractivity contribution is -0.272. The molecule has 0 aliphatic carbocycles. The van der Waals surface area contributed by atoms with Gasteiger partial charge in [0.15, 0.2) is 6.29 Å². The average Bonchev–Trinajstić information content (AvgIpc) is 3.45. The molecule has 0 bridgehead atoms. The molecular formula is C24H42N4O10S. The van der Waals surface area contributed by atoms with E-state index in [1.165, 1.54) is 6.92 Å². The number of thioether (sulfide) groups is 1. The van der Waals surface area contributed by atoms with Gasteiger partial charge in [-0.1, -0.05) is 6.42 Å². The minimum atomic E-state index is -1.37. The second-order valence-corrected chi connectivity index (χ2v) is 11.0. The molecule has 8 atom stereocenters. The maximum Gasteiger partial charge on any atom is 0.315 e. The maximum atomic E-state index is 12.0. The van der Waals surface area contributed by atoms with Crippen molar-refractivity contribution < 1.29 is 48.7 Å². The number of ether oxygens (including phenoxy) is 4. The van der Waals surface area contributed by atoms with Crippen LogP contribution in [0.4, 0.5) is 4.79 Å². The first-order valence-corrected chi connectivity index (χ1v) is 14.5. The summed E-state index contributed by atoms with van der Waals surface area (Å²) in [4.78, 5) is 34.9. The van der Waals surface area contributed by atoms with Crippen LogP contribution in [0, 0.1) is 0 Å². The first-order chi connectivity index (χ1) is 18.8. The van der Waals surface area contributed by atoms with E-state index in [0.29, 0.717) is 38.0 Å². The number of rotatable bonds is 17. The number of hydrogen-bond acceptors (Lipinski definition) is 11. The Morgan fingerprint density at radius 1 is 1.08 bits per heavy atom. The Bertz CT molecular complexity index is 796. The molecule has 0 aromatic rings. The fraction of sp³-hybridized carbons (Fsp3) is 0.875. The van der Waals surface area contributed by atoms with Gasteiger partial charge in [-0.25, -0.2) is 4.79 Å². The predicted molar refractivity (Wildman–Crippen MR) is 140 cm³/mol. The van der Waals surface area contributed by atoms with Crippen molar-refractivity contribution in [2.24, 2.45) is 0 Å². The second kappa shape index (κ2) is 16.5. The molecule has 3 fully saturated rings. The van der Waals surface area contributed by atoms with Crippen LogP contribution in [0.15, 0.2) is 0 Å². The van der Waals surface area contributed by atoms with Crippen molar-refractivity contribution in [1.82, 2.24) is 21.3 Å². The molecule has 39 heavy (non-hydrogen) atoms. The van der Waals surface area contributed by atoms with Crippen LogP contribution in [0.1, 0.15) is 32.6 Å². The molecule has 3 heterocycles. The molecule has 3 saturated heterocycles. The molecule has 2 unspecified atom stereocenters. The molecule has 0 radical (unpaired) electrons. The van der Waals surface area contributed by atoms with E-state index in [0.717, 1.165) is 25.0 Å². The summed E-state index contributed by atoms with van der Waals surface area (Å²) >= 11 is 1.88. The van der Waals surface area contributed by atoms with Gasteiger partial charge in [-0.05, 0) is 12.8 Å². The van der Waals surface area contributed by atoms with Gasteiger partial charge in [0.2, 0.25) is 11.8 Å². The number of carbonyl (C=O) groups is 3. The first-order valence-electron chi connectivity index (χ1n) is 13.4. The number of amides is 4. The van der Waals surface area contributed by atoms with Crippen LogP contribution in [0.2, 0.25) is 0 Å². The Balaban J connectivity index is 1.14. The summed E-state index contributed by atoms with van der Waals surface area (Å²) in [7, 11) is 0. The van der Waals surface area contributed by atoms with Gasteiger partial charge in [0.05, 0.1) is 51.7 Å². The van der Waals surface area contributed by atoms with Gasteiger partial charge in [0, 0.05) is 30.9 Å². The van der Waals surface area contributed by atoms with Gasteiger partial charge in [0.25, 0.3) is 0 Å². The van der Waals surface area contributed by atoms with Crippen LogP contribution >= 0.6 is 11.8 Å². The summed E-state index contributed by atoms with van der Waals surface area (Å²) in [5, 5.41) is 41.2. The van der Waals surface area contributed by atoms with E-state index in [2.05, 4.69) is 21.3 Å². The van der Waals surface area contributed by atoms with Crippen LogP contribution in [0.3, 0.4) is 0 Å². The highest BCUT2D eigenvalue weighted by Crippen LogP contribution is 2.33. The van der Waals surface area contributed by atoms with Crippen LogP contribution in [-0.2, 0) is 28.5 Å². The van der Waals surface area contributed by atoms with E-state index in [9.17, 15) is 29.7 Å². The third kappa shape index (κ3) is 10.0. The minimum Gasteiger partial charge on any atom is -0.394 e. The van der Waals surface area contributed by atoms with E-state index in [1.54, 1.807) is 0 Å². The van der Waals surface area contributed by atoms with Gasteiger partial charge < -0.3 is 55.5 Å². The fourth-order valence-electron chi connectivity index (χ4n) is 4.78. The van der Waals surface area contributed by atoms with E-state index in [4.69, 9.17) is 18.9 Å². The van der Waals surface area contributed by atoms with Gasteiger partial charge in [-0.3, -0.25) is 9.59 Å². The van der Waals surface area contributed by atoms with Crippen molar-refractivity contribution in [1.29, 1.82) is 0 Å². The number of nitrogens with one attached hydrogen (secondary N) is 4. The van der Waals surface area contributed by atoms with E-state index in [-0.39, 0.29) is 37.2 Å². The summed E-state index contributed by atoms with van der Waals surface area (Å²) in [6.45, 7) is 2.43. The summed E-state index contributed by atoms with van der Waals surface area (Å²) < 4.78 is 21.9. The summed E-state index contributed by atoms with van der Waals surface area (Å²) in [6, 6.07) is -0.656. The molecule has 3 aliphatic heterocycles. The monoisotopic (exact) mass is 578 g/mol. The van der Waals surface area contributed by atoms with Crippen molar-refractivity contribution in [2.75, 3.05) is 51.9 Å². The summed E-state index contributed by atoms with van der Waals surface area (Å²) in [5.41, 5.74) is 0. The number of hydrogen-bond donors (Lipinski definition) is 7. The molecule has 0 spiro atoms. The number of fused-ring (bicyclic) bond motifs is 1. The molecule has 15 heteroatoms. The lowest BCUT2D eigenvalue weighted by Crippen LogP contribution is -2.64. The normalized spacial score (nSPS) is 31.8. The first kappa shape index (κ1) is 31.8. The summed E-state index contributed by atoms with van der Waals surface area (Å²) in [5.74, 6) is 0.501. The Morgan fingerprint density at radius 2 is 1.82 bits per heavy atom. The third-order valence-corrected chi connectivity index (χ3v) is 8.29. The SMILES string of the molecule is CC(=O)N[C@@H]1C(O)[C@H](O)C(CO)O[C@@H]1OCCOCCOCCNC(=O)CCCC[C@@H]1SC[C@@H]2NC(=O)N[C@@H]21. The summed E-state index contributed by atoms with van der Waals surface area (Å²) in [6.07, 6.45) is -1.65. The topological polar surface area (TPSA) is 197 Å². The molecule has 0 aromatic carbocycles. The van der Waals surface area contributed by atoms with Gasteiger partial charge in [-0.15, -0.1) is 0 Å². The lowest BCUT2D eigenvalue weighted by Gasteiger charge is -2.42. The zero-order valence-corrected chi connectivity index (χ0v) is 23.0. The molecule has 3 rings (SSSR count). The molecule has 0 saturated carbocycles. The molecule has 224 valence electrons. The van der Waals surface area contributed by atoms with Gasteiger partial charge in [-0.2, -0.15) is 11.8 Å². The lowest BCUT2D eigenvalue weighted by atomic mass is 9.97. The fourth-order valence-corrected chi connectivity index (χ4v) is 6.33. The highest BCUT2D eigenvalue weighted by Gasteiger charge is 2.45. The Labute approximate surface area is 232 Å². The standard InChI is InChI=1S/C24H42N4O10S/c1-14(30)26-20-22(33)21(32)16(12-29)38-23(20)37-11-10-36-9-8-35-7-6-25-18(31)5-3-2-4-17-19-15(13-39-17)27-24(34)28-19/h15-17,19-23,29,32-33H,2-13H2,1H3,(H,25,31)(H,26,30)(H2,27,28,34)/t15-,16?,17-,19-,20+,21+,22?,23-/m0/s1. The highest BCUT2D eigenvalue weighted by atomic mass is 32.2. The van der Waals surface area contributed by atoms with E-state index < -0.39 is 43.2 Å². The predicted octanol–water partition coefficient (Wildman–Crippen LogP) is -2.18. The molecule has 4 amide bonds. The molecule has 3 aliphatic rings. The van der Waals surface area contributed by atoms with Gasteiger partial charge in [0.1, 0.15) is 24.4 Å². The quantitative estimate of drug-likeness (QED) is 0.0732. The van der Waals surface area contributed by atoms with Crippen LogP contribution in [-0.4, -0.2) is 133 Å². The van der Waals surface area contributed by atoms with Crippen LogP contribution < -0.4 is 21.3 Å². The van der Waals surface area contributed by atoms with E-state index >= 15 is 0 Å². The zero-order chi connectivity index (χ0) is 28.2. The smallest absolute Gasteiger partial charge is 0.315 e. The van der Waals surface area contributed by atoms with E-state index in [1.807, 2.05) is 11.8 Å². The molecule has 14 nitrogen and oxygen atoms in total. The highest BCUT2D eigenvalue weighted by molar-refractivity contribution is 8.00. The number of carbonyl (C=O) groups excluding carboxylic acids is 3. The van der Waals surface area contributed by atoms with Crippen molar-refractivity contribution in [3.63, 3.8) is 0 Å². The number of aliphatic hydroxyl groups excluding tert-OH is 3. The Hall–Kier alpha value is -1.72. The van der Waals surface area contributed by atoms with Gasteiger partial charge >= 0.3 is 6.03 Å². The zero-order valence-electron chi connectivity index (χ0n) is 22.2. The minimum absolute atomic E-state index is 0.0108. The third-order valence-electron chi connectivity index (χ3n) is 6.78. The number of unbranched alkanes of at least 4 members (excludes halogenated alkanes) is 1. The molecule has 7 N–H and O–H groups in total. The van der Waals surface area contributed by atoms with Crippen molar-refractivity contribution >= 4 is 29.6 Å². The number of urea groups is 1. The Morgan fingerprint density at radius 3 is 2.56 bits per heavy atom. The van der Waals surface area contributed by atoms with Crippen molar-refractivity contribution in [3.8, 4) is 0 Å².